The van der Waals surface area contributed by atoms with Crippen LogP contribution in [-0.2, 0) is 19.6 Å². The van der Waals surface area contributed by atoms with E-state index < -0.39 is 23.5 Å². The number of aryl methyl sites for hydroxylation is 2. The molecule has 1 aromatic heterocycles. The molecule has 26 heavy (non-hydrogen) atoms. The molecule has 0 aliphatic rings. The van der Waals surface area contributed by atoms with E-state index in [2.05, 4.69) is 0 Å². The summed E-state index contributed by atoms with van der Waals surface area (Å²) in [6.07, 6.45) is -4.12. The molecule has 0 fully saturated rings. The molecule has 0 atom stereocenters. The summed E-state index contributed by atoms with van der Waals surface area (Å²) in [5, 5.41) is 19.7. The molecular weight excluding hydrogens is 347 g/mol. The number of alkyl halides is 3. The highest BCUT2D eigenvalue weighted by atomic mass is 19.4. The topological polar surface area (TPSA) is 62.5 Å². The molecule has 3 rings (SSSR count). The van der Waals surface area contributed by atoms with Crippen LogP contribution in [0, 0.1) is 0 Å². The summed E-state index contributed by atoms with van der Waals surface area (Å²) in [6.45, 7) is 1.79. The third-order valence-electron chi connectivity index (χ3n) is 4.49. The molecule has 0 aliphatic heterocycles. The summed E-state index contributed by atoms with van der Waals surface area (Å²) in [7, 11) is 1.60. The van der Waals surface area contributed by atoms with Gasteiger partial charge in [-0.1, -0.05) is 25.1 Å². The van der Waals surface area contributed by atoms with Crippen LogP contribution in [0.15, 0.2) is 36.4 Å². The van der Waals surface area contributed by atoms with Gasteiger partial charge in [-0.25, -0.2) is 4.79 Å². The van der Waals surface area contributed by atoms with Gasteiger partial charge in [-0.15, -0.1) is 0 Å². The van der Waals surface area contributed by atoms with Crippen LogP contribution in [0.25, 0.3) is 22.2 Å². The highest BCUT2D eigenvalue weighted by Gasteiger charge is 2.35. The summed E-state index contributed by atoms with van der Waals surface area (Å²) in [4.78, 5) is 11.3. The molecule has 1 heterocycles. The van der Waals surface area contributed by atoms with Crippen molar-refractivity contribution in [1.82, 2.24) is 4.57 Å². The number of aromatic carboxylic acids is 1. The van der Waals surface area contributed by atoms with Gasteiger partial charge >= 0.3 is 12.1 Å². The number of benzene rings is 2. The Morgan fingerprint density at radius 3 is 2.42 bits per heavy atom. The Balaban J connectivity index is 2.42. The van der Waals surface area contributed by atoms with Gasteiger partial charge in [0.25, 0.3) is 0 Å². The Kier molecular flexibility index (Phi) is 4.18. The average molecular weight is 363 g/mol. The molecule has 0 spiro atoms. The SMILES string of the molecule is CCc1c(-c2ccccc2C(F)(F)F)n(C)c2cc(O)c(C(=O)O)cc12. The largest absolute Gasteiger partial charge is 0.507 e. The lowest BCUT2D eigenvalue weighted by Gasteiger charge is -2.15. The maximum Gasteiger partial charge on any atom is 0.417 e. The first kappa shape index (κ1) is 17.8. The highest BCUT2D eigenvalue weighted by Crippen LogP contribution is 2.42. The molecular formula is C19H16F3NO3. The van der Waals surface area contributed by atoms with Gasteiger partial charge in [-0.3, -0.25) is 0 Å². The Labute approximate surface area is 147 Å². The third-order valence-corrected chi connectivity index (χ3v) is 4.49. The van der Waals surface area contributed by atoms with Gasteiger partial charge in [-0.2, -0.15) is 13.2 Å². The first-order valence-corrected chi connectivity index (χ1v) is 7.91. The fourth-order valence-electron chi connectivity index (χ4n) is 3.36. The van der Waals surface area contributed by atoms with Gasteiger partial charge in [0.05, 0.1) is 16.8 Å². The lowest BCUT2D eigenvalue weighted by atomic mass is 9.98. The molecule has 2 aromatic carbocycles. The predicted octanol–water partition coefficient (Wildman–Crippen LogP) is 4.83. The van der Waals surface area contributed by atoms with Crippen LogP contribution in [0.4, 0.5) is 13.2 Å². The second-order valence-electron chi connectivity index (χ2n) is 5.97. The van der Waals surface area contributed by atoms with Crippen LogP contribution in [0.1, 0.15) is 28.4 Å². The minimum absolute atomic E-state index is 0.0203. The Morgan fingerprint density at radius 2 is 1.85 bits per heavy atom. The summed E-state index contributed by atoms with van der Waals surface area (Å²) >= 11 is 0. The number of nitrogens with zero attached hydrogens (tertiary/aromatic N) is 1. The number of halogens is 3. The van der Waals surface area contributed by atoms with Crippen LogP contribution in [0.3, 0.4) is 0 Å². The quantitative estimate of drug-likeness (QED) is 0.701. The van der Waals surface area contributed by atoms with Crippen molar-refractivity contribution in [2.24, 2.45) is 7.05 Å². The number of hydrogen-bond donors (Lipinski definition) is 2. The smallest absolute Gasteiger partial charge is 0.417 e. The molecule has 0 bridgehead atoms. The summed E-state index contributed by atoms with van der Waals surface area (Å²) < 4.78 is 42.0. The Morgan fingerprint density at radius 1 is 1.19 bits per heavy atom. The van der Waals surface area contributed by atoms with Crippen molar-refractivity contribution >= 4 is 16.9 Å². The van der Waals surface area contributed by atoms with E-state index in [-0.39, 0.29) is 11.1 Å². The maximum atomic E-state index is 13.5. The van der Waals surface area contributed by atoms with Crippen LogP contribution >= 0.6 is 0 Å². The number of aromatic hydroxyl groups is 1. The molecule has 0 unspecified atom stereocenters. The number of rotatable bonds is 3. The summed E-state index contributed by atoms with van der Waals surface area (Å²) in [6, 6.07) is 7.86. The third kappa shape index (κ3) is 2.69. The second kappa shape index (κ2) is 6.09. The van der Waals surface area contributed by atoms with Gasteiger partial charge in [0, 0.05) is 24.1 Å². The number of carbonyl (C=O) groups is 1. The zero-order valence-electron chi connectivity index (χ0n) is 14.1. The predicted molar refractivity (Wildman–Crippen MR) is 91.4 cm³/mol. The van der Waals surface area contributed by atoms with Crippen molar-refractivity contribution in [2.45, 2.75) is 19.5 Å². The van der Waals surface area contributed by atoms with Crippen molar-refractivity contribution in [3.63, 3.8) is 0 Å². The van der Waals surface area contributed by atoms with E-state index >= 15 is 0 Å². The molecule has 0 radical (unpaired) electrons. The zero-order chi connectivity index (χ0) is 19.2. The number of carboxylic acid groups (broad SMARTS) is 1. The maximum absolute atomic E-state index is 13.5. The van der Waals surface area contributed by atoms with Crippen LogP contribution in [0.5, 0.6) is 5.75 Å². The highest BCUT2D eigenvalue weighted by molar-refractivity contribution is 6.00. The van der Waals surface area contributed by atoms with Crippen LogP contribution < -0.4 is 0 Å². The second-order valence-corrected chi connectivity index (χ2v) is 5.97. The fourth-order valence-corrected chi connectivity index (χ4v) is 3.36. The summed E-state index contributed by atoms with van der Waals surface area (Å²) in [5.74, 6) is -1.73. The molecule has 3 aromatic rings. The number of aromatic nitrogens is 1. The van der Waals surface area contributed by atoms with Gasteiger partial charge in [0.15, 0.2) is 0 Å². The van der Waals surface area contributed by atoms with Gasteiger partial charge in [0.1, 0.15) is 11.3 Å². The molecule has 7 heteroatoms. The number of carboxylic acids is 1. The minimum Gasteiger partial charge on any atom is -0.507 e. The summed E-state index contributed by atoms with van der Waals surface area (Å²) in [5.41, 5.74) is 0.402. The lowest BCUT2D eigenvalue weighted by Crippen LogP contribution is -2.08. The monoisotopic (exact) mass is 363 g/mol. The van der Waals surface area contributed by atoms with Crippen molar-refractivity contribution in [2.75, 3.05) is 0 Å². The Bertz CT molecular complexity index is 1020. The normalized spacial score (nSPS) is 11.9. The van der Waals surface area contributed by atoms with Gasteiger partial charge < -0.3 is 14.8 Å². The van der Waals surface area contributed by atoms with Crippen LogP contribution in [0.2, 0.25) is 0 Å². The minimum atomic E-state index is -4.52. The molecule has 136 valence electrons. The van der Waals surface area contributed by atoms with Crippen molar-refractivity contribution in [3.8, 4) is 17.0 Å². The molecule has 0 saturated heterocycles. The van der Waals surface area contributed by atoms with E-state index in [1.165, 1.54) is 30.3 Å². The number of fused-ring (bicyclic) bond motifs is 1. The number of phenols is 1. The van der Waals surface area contributed by atoms with E-state index in [1.807, 2.05) is 0 Å². The molecule has 2 N–H and O–H groups in total. The molecule has 4 nitrogen and oxygen atoms in total. The van der Waals surface area contributed by atoms with E-state index in [1.54, 1.807) is 18.5 Å². The number of hydrogen-bond acceptors (Lipinski definition) is 2. The van der Waals surface area contributed by atoms with Crippen LogP contribution in [-0.4, -0.2) is 20.7 Å². The molecule has 0 amide bonds. The standard InChI is InChI=1S/C19H16F3NO3/c1-3-10-12-8-13(18(25)26)16(24)9-15(12)23(2)17(10)11-6-4-5-7-14(11)19(20,21)22/h4-9,24H,3H2,1-2H3,(H,25,26). The lowest BCUT2D eigenvalue weighted by molar-refractivity contribution is -0.137. The molecule has 0 saturated carbocycles. The first-order chi connectivity index (χ1) is 12.2. The Hall–Kier alpha value is -2.96. The van der Waals surface area contributed by atoms with E-state index in [4.69, 9.17) is 0 Å². The van der Waals surface area contributed by atoms with E-state index in [9.17, 15) is 28.2 Å². The van der Waals surface area contributed by atoms with E-state index in [0.717, 1.165) is 6.07 Å². The van der Waals surface area contributed by atoms with Crippen molar-refractivity contribution < 1.29 is 28.2 Å². The van der Waals surface area contributed by atoms with Crippen molar-refractivity contribution in [1.29, 1.82) is 0 Å². The first-order valence-electron chi connectivity index (χ1n) is 7.91. The fraction of sp³-hybridized carbons (Fsp3) is 0.211. The van der Waals surface area contributed by atoms with Gasteiger partial charge in [0.2, 0.25) is 0 Å². The zero-order valence-corrected chi connectivity index (χ0v) is 14.1. The van der Waals surface area contributed by atoms with Crippen molar-refractivity contribution in [3.05, 3.63) is 53.1 Å². The van der Waals surface area contributed by atoms with E-state index in [0.29, 0.717) is 28.6 Å². The van der Waals surface area contributed by atoms with Gasteiger partial charge in [-0.05, 0) is 24.1 Å². The average Bonchev–Trinajstić information content (AvgIpc) is 2.84. The molecule has 0 aliphatic carbocycles.